The van der Waals surface area contributed by atoms with Crippen LogP contribution < -0.4 is 15.0 Å². The average Bonchev–Trinajstić information content (AvgIpc) is 3.32. The molecule has 5 rings (SSSR count). The number of piperidine rings is 1. The van der Waals surface area contributed by atoms with Crippen LogP contribution in [0.25, 0.3) is 16.9 Å². The number of amides is 1. The van der Waals surface area contributed by atoms with Crippen molar-refractivity contribution in [2.45, 2.75) is 33.2 Å². The van der Waals surface area contributed by atoms with Crippen molar-refractivity contribution >= 4 is 17.4 Å². The Morgan fingerprint density at radius 3 is 2.57 bits per heavy atom. The van der Waals surface area contributed by atoms with E-state index in [4.69, 9.17) is 14.8 Å². The zero-order chi connectivity index (χ0) is 24.2. The number of para-hydroxylation sites is 1. The Labute approximate surface area is 205 Å². The highest BCUT2D eigenvalue weighted by Crippen LogP contribution is 2.27. The van der Waals surface area contributed by atoms with Gasteiger partial charge < -0.3 is 15.0 Å². The molecule has 0 bridgehead atoms. The Bertz CT molecular complexity index is 1310. The predicted octanol–water partition coefficient (Wildman–Crippen LogP) is 4.64. The molecule has 0 aliphatic carbocycles. The average molecular weight is 470 g/mol. The zero-order valence-electron chi connectivity index (χ0n) is 20.3. The van der Waals surface area contributed by atoms with Gasteiger partial charge in [-0.05, 0) is 32.8 Å². The number of benzene rings is 2. The molecule has 180 valence electrons. The molecule has 0 saturated carbocycles. The molecule has 3 heterocycles. The van der Waals surface area contributed by atoms with Gasteiger partial charge in [0.15, 0.2) is 5.65 Å². The fraction of sp³-hybridized carbons (Fsp3) is 0.321. The fourth-order valence-electron chi connectivity index (χ4n) is 4.70. The van der Waals surface area contributed by atoms with E-state index in [-0.39, 0.29) is 11.8 Å². The predicted molar refractivity (Wildman–Crippen MR) is 138 cm³/mol. The van der Waals surface area contributed by atoms with Crippen molar-refractivity contribution in [3.63, 3.8) is 0 Å². The molecule has 7 nitrogen and oxygen atoms in total. The molecule has 1 aliphatic rings. The molecule has 4 aromatic rings. The van der Waals surface area contributed by atoms with E-state index in [0.717, 1.165) is 65.7 Å². The Kier molecular flexibility index (Phi) is 6.66. The number of aryl methyl sites for hydroxylation is 1. The number of nitrogens with zero attached hydrogens (tertiary/aromatic N) is 4. The van der Waals surface area contributed by atoms with E-state index in [2.05, 4.69) is 28.4 Å². The second-order valence-corrected chi connectivity index (χ2v) is 8.94. The van der Waals surface area contributed by atoms with Gasteiger partial charge in [-0.15, -0.1) is 0 Å². The summed E-state index contributed by atoms with van der Waals surface area (Å²) in [5.41, 5.74) is 4.78. The van der Waals surface area contributed by atoms with Crippen LogP contribution in [0.4, 0.5) is 5.82 Å². The fourth-order valence-corrected chi connectivity index (χ4v) is 4.70. The summed E-state index contributed by atoms with van der Waals surface area (Å²) in [7, 11) is 0. The third kappa shape index (κ3) is 4.99. The van der Waals surface area contributed by atoms with Gasteiger partial charge in [0.05, 0.1) is 12.3 Å². The minimum atomic E-state index is 0.00133. The monoisotopic (exact) mass is 469 g/mol. The Balaban J connectivity index is 1.26. The summed E-state index contributed by atoms with van der Waals surface area (Å²) in [5.74, 6) is 1.97. The molecule has 1 saturated heterocycles. The summed E-state index contributed by atoms with van der Waals surface area (Å²) in [4.78, 5) is 19.9. The Morgan fingerprint density at radius 1 is 1.06 bits per heavy atom. The van der Waals surface area contributed by atoms with Crippen molar-refractivity contribution in [1.82, 2.24) is 19.9 Å². The standard InChI is InChI=1S/C28H31N5O2/c1-3-35-25-12-8-7-11-23(25)19-29-28(34)22-13-15-32(16-14-22)27-17-20(2)30-26-18-24(31-33(26)27)21-9-5-4-6-10-21/h4-12,17-18,22H,3,13-16,19H2,1-2H3,(H,29,34). The smallest absolute Gasteiger partial charge is 0.223 e. The molecular weight excluding hydrogens is 438 g/mol. The first-order valence-corrected chi connectivity index (χ1v) is 12.3. The van der Waals surface area contributed by atoms with E-state index < -0.39 is 0 Å². The van der Waals surface area contributed by atoms with Crippen LogP contribution in [0, 0.1) is 12.8 Å². The van der Waals surface area contributed by atoms with Crippen LogP contribution >= 0.6 is 0 Å². The number of carbonyl (C=O) groups is 1. The van der Waals surface area contributed by atoms with Gasteiger partial charge in [-0.2, -0.15) is 9.61 Å². The summed E-state index contributed by atoms with van der Waals surface area (Å²) >= 11 is 0. The van der Waals surface area contributed by atoms with Crippen molar-refractivity contribution in [2.24, 2.45) is 5.92 Å². The number of hydrogen-bond acceptors (Lipinski definition) is 5. The number of rotatable bonds is 7. The maximum Gasteiger partial charge on any atom is 0.223 e. The van der Waals surface area contributed by atoms with E-state index in [9.17, 15) is 4.79 Å². The summed E-state index contributed by atoms with van der Waals surface area (Å²) in [6, 6.07) is 22.1. The lowest BCUT2D eigenvalue weighted by atomic mass is 9.95. The van der Waals surface area contributed by atoms with Crippen molar-refractivity contribution in [3.05, 3.63) is 78.0 Å². The third-order valence-corrected chi connectivity index (χ3v) is 6.52. The number of nitrogens with one attached hydrogen (secondary N) is 1. The van der Waals surface area contributed by atoms with Crippen LogP contribution in [0.15, 0.2) is 66.7 Å². The first-order chi connectivity index (χ1) is 17.1. The lowest BCUT2D eigenvalue weighted by Gasteiger charge is -2.33. The highest BCUT2D eigenvalue weighted by atomic mass is 16.5. The molecular formula is C28H31N5O2. The largest absolute Gasteiger partial charge is 0.494 e. The lowest BCUT2D eigenvalue weighted by Crippen LogP contribution is -2.41. The highest BCUT2D eigenvalue weighted by Gasteiger charge is 2.27. The highest BCUT2D eigenvalue weighted by molar-refractivity contribution is 5.79. The van der Waals surface area contributed by atoms with Crippen LogP contribution in [0.2, 0.25) is 0 Å². The number of ether oxygens (including phenoxy) is 1. The first kappa shape index (κ1) is 22.9. The SMILES string of the molecule is CCOc1ccccc1CNC(=O)C1CCN(c2cc(C)nc3cc(-c4ccccc4)nn23)CC1. The molecule has 1 fully saturated rings. The van der Waals surface area contributed by atoms with Crippen molar-refractivity contribution < 1.29 is 9.53 Å². The van der Waals surface area contributed by atoms with Crippen molar-refractivity contribution in [1.29, 1.82) is 0 Å². The minimum absolute atomic E-state index is 0.00133. The molecule has 0 atom stereocenters. The molecule has 0 radical (unpaired) electrons. The molecule has 7 heteroatoms. The first-order valence-electron chi connectivity index (χ1n) is 12.3. The second kappa shape index (κ2) is 10.2. The summed E-state index contributed by atoms with van der Waals surface area (Å²) < 4.78 is 7.61. The maximum atomic E-state index is 12.9. The number of carbonyl (C=O) groups excluding carboxylic acids is 1. The maximum absolute atomic E-state index is 12.9. The summed E-state index contributed by atoms with van der Waals surface area (Å²) in [5, 5.41) is 7.98. The molecule has 1 amide bonds. The van der Waals surface area contributed by atoms with Crippen LogP contribution in [0.3, 0.4) is 0 Å². The zero-order valence-corrected chi connectivity index (χ0v) is 20.3. The van der Waals surface area contributed by atoms with E-state index in [1.54, 1.807) is 0 Å². The van der Waals surface area contributed by atoms with Gasteiger partial charge in [-0.3, -0.25) is 4.79 Å². The van der Waals surface area contributed by atoms with E-state index in [0.29, 0.717) is 13.2 Å². The van der Waals surface area contributed by atoms with Crippen LogP contribution in [0.1, 0.15) is 31.0 Å². The van der Waals surface area contributed by atoms with Gasteiger partial charge in [0, 0.05) is 54.5 Å². The van der Waals surface area contributed by atoms with Crippen LogP contribution in [0.5, 0.6) is 5.75 Å². The molecule has 0 spiro atoms. The van der Waals surface area contributed by atoms with Gasteiger partial charge in [0.2, 0.25) is 5.91 Å². The molecule has 2 aromatic heterocycles. The molecule has 35 heavy (non-hydrogen) atoms. The van der Waals surface area contributed by atoms with Crippen LogP contribution in [-0.4, -0.2) is 40.2 Å². The van der Waals surface area contributed by atoms with E-state index in [1.165, 1.54) is 0 Å². The minimum Gasteiger partial charge on any atom is -0.494 e. The van der Waals surface area contributed by atoms with E-state index >= 15 is 0 Å². The number of fused-ring (bicyclic) bond motifs is 1. The van der Waals surface area contributed by atoms with Crippen molar-refractivity contribution in [2.75, 3.05) is 24.6 Å². The second-order valence-electron chi connectivity index (χ2n) is 8.94. The summed E-state index contributed by atoms with van der Waals surface area (Å²) in [6.45, 7) is 6.66. The van der Waals surface area contributed by atoms with Gasteiger partial charge in [0.1, 0.15) is 11.6 Å². The number of hydrogen-bond donors (Lipinski definition) is 1. The summed E-state index contributed by atoms with van der Waals surface area (Å²) in [6.07, 6.45) is 1.60. The van der Waals surface area contributed by atoms with E-state index in [1.807, 2.05) is 66.9 Å². The van der Waals surface area contributed by atoms with Crippen molar-refractivity contribution in [3.8, 4) is 17.0 Å². The van der Waals surface area contributed by atoms with Gasteiger partial charge in [-0.1, -0.05) is 48.5 Å². The van der Waals surface area contributed by atoms with Gasteiger partial charge in [-0.25, -0.2) is 4.98 Å². The van der Waals surface area contributed by atoms with Crippen LogP contribution in [-0.2, 0) is 11.3 Å². The third-order valence-electron chi connectivity index (χ3n) is 6.52. The molecule has 1 aliphatic heterocycles. The molecule has 0 unspecified atom stereocenters. The normalized spacial score (nSPS) is 14.3. The van der Waals surface area contributed by atoms with Gasteiger partial charge >= 0.3 is 0 Å². The van der Waals surface area contributed by atoms with Gasteiger partial charge in [0.25, 0.3) is 0 Å². The Hall–Kier alpha value is -3.87. The molecule has 1 N–H and O–H groups in total. The number of aromatic nitrogens is 3. The quantitative estimate of drug-likeness (QED) is 0.427. The number of anilines is 1. The Morgan fingerprint density at radius 2 is 1.80 bits per heavy atom. The lowest BCUT2D eigenvalue weighted by molar-refractivity contribution is -0.125. The molecule has 2 aromatic carbocycles. The topological polar surface area (TPSA) is 71.8 Å².